The molecule has 1 heterocycles. The van der Waals surface area contributed by atoms with Crippen LogP contribution in [-0.2, 0) is 9.53 Å². The van der Waals surface area contributed by atoms with Crippen molar-refractivity contribution < 1.29 is 9.53 Å². The van der Waals surface area contributed by atoms with Gasteiger partial charge in [0.1, 0.15) is 5.54 Å². The number of hydrogen-bond donors (Lipinski definition) is 1. The summed E-state index contributed by atoms with van der Waals surface area (Å²) in [6.07, 6.45) is 4.43. The largest absolute Gasteiger partial charge is 0.468 e. The quantitative estimate of drug-likeness (QED) is 0.618. The number of ether oxygens (including phenoxy) is 1. The number of carbonyl (C=O) groups excluding carboxylic acids is 1. The molecule has 1 N–H and O–H groups in total. The second-order valence-corrected chi connectivity index (χ2v) is 3.77. The smallest absolute Gasteiger partial charge is 0.326 e. The van der Waals surface area contributed by atoms with Crippen molar-refractivity contribution >= 4 is 5.97 Å². The van der Waals surface area contributed by atoms with Crippen LogP contribution in [0.5, 0.6) is 0 Å². The highest BCUT2D eigenvalue weighted by Crippen LogP contribution is 2.44. The number of methoxy groups -OCH3 is 1. The molecule has 12 heavy (non-hydrogen) atoms. The van der Waals surface area contributed by atoms with Gasteiger partial charge in [0, 0.05) is 0 Å². The molecule has 0 aromatic rings. The second kappa shape index (κ2) is 2.73. The van der Waals surface area contributed by atoms with Gasteiger partial charge in [-0.25, -0.2) is 0 Å². The summed E-state index contributed by atoms with van der Waals surface area (Å²) in [5.41, 5.74) is -0.297. The van der Waals surface area contributed by atoms with Gasteiger partial charge in [-0.15, -0.1) is 0 Å². The lowest BCUT2D eigenvalue weighted by atomic mass is 9.92. The Bertz CT molecular complexity index is 193. The van der Waals surface area contributed by atoms with E-state index in [1.807, 2.05) is 0 Å². The van der Waals surface area contributed by atoms with E-state index in [1.165, 1.54) is 20.0 Å². The molecule has 1 aliphatic heterocycles. The van der Waals surface area contributed by atoms with Crippen LogP contribution >= 0.6 is 0 Å². The predicted octanol–water partition coefficient (Wildman–Crippen LogP) is 0.692. The summed E-state index contributed by atoms with van der Waals surface area (Å²) in [7, 11) is 1.48. The summed E-state index contributed by atoms with van der Waals surface area (Å²) < 4.78 is 4.84. The Kier molecular flexibility index (Phi) is 1.83. The van der Waals surface area contributed by atoms with E-state index in [9.17, 15) is 4.79 Å². The molecule has 0 radical (unpaired) electrons. The lowest BCUT2D eigenvalue weighted by Gasteiger charge is -2.25. The lowest BCUT2D eigenvalue weighted by Crippen LogP contribution is -2.50. The standard InChI is InChI=1S/C9H15NO2/c1-12-8(11)9(7-3-4-7)5-2-6-10-9/h7,10H,2-6H2,1H3. The van der Waals surface area contributed by atoms with E-state index in [2.05, 4.69) is 5.32 Å². The van der Waals surface area contributed by atoms with Crippen LogP contribution in [0.25, 0.3) is 0 Å². The first kappa shape index (κ1) is 8.05. The average molecular weight is 169 g/mol. The van der Waals surface area contributed by atoms with Crippen LogP contribution in [0.15, 0.2) is 0 Å². The third kappa shape index (κ3) is 1.04. The van der Waals surface area contributed by atoms with Crippen LogP contribution in [0, 0.1) is 5.92 Å². The van der Waals surface area contributed by atoms with E-state index in [4.69, 9.17) is 4.74 Å². The van der Waals surface area contributed by atoms with Gasteiger partial charge in [-0.2, -0.15) is 0 Å². The monoisotopic (exact) mass is 169 g/mol. The van der Waals surface area contributed by atoms with Gasteiger partial charge in [-0.05, 0) is 38.1 Å². The van der Waals surface area contributed by atoms with Gasteiger partial charge in [0.15, 0.2) is 0 Å². The lowest BCUT2D eigenvalue weighted by molar-refractivity contribution is -0.149. The molecule has 2 fully saturated rings. The summed E-state index contributed by atoms with van der Waals surface area (Å²) in [6.45, 7) is 0.964. The third-order valence-electron chi connectivity index (χ3n) is 3.01. The molecule has 68 valence electrons. The highest BCUT2D eigenvalue weighted by atomic mass is 16.5. The number of carbonyl (C=O) groups is 1. The molecular weight excluding hydrogens is 154 g/mol. The highest BCUT2D eigenvalue weighted by molar-refractivity contribution is 5.82. The van der Waals surface area contributed by atoms with Gasteiger partial charge in [-0.1, -0.05) is 0 Å². The Hall–Kier alpha value is -0.570. The number of rotatable bonds is 2. The maximum atomic E-state index is 11.5. The van der Waals surface area contributed by atoms with E-state index in [1.54, 1.807) is 0 Å². The molecule has 0 aromatic carbocycles. The Morgan fingerprint density at radius 2 is 2.33 bits per heavy atom. The molecule has 0 spiro atoms. The summed E-state index contributed by atoms with van der Waals surface area (Å²) in [4.78, 5) is 11.5. The first-order valence-electron chi connectivity index (χ1n) is 4.63. The summed E-state index contributed by atoms with van der Waals surface area (Å²) in [5, 5.41) is 3.31. The fourth-order valence-electron chi connectivity index (χ4n) is 2.21. The van der Waals surface area contributed by atoms with Crippen LogP contribution in [0.3, 0.4) is 0 Å². The minimum absolute atomic E-state index is 0.0532. The normalized spacial score (nSPS) is 35.1. The predicted molar refractivity (Wildman–Crippen MR) is 44.7 cm³/mol. The Morgan fingerprint density at radius 3 is 2.75 bits per heavy atom. The van der Waals surface area contributed by atoms with Gasteiger partial charge in [0.25, 0.3) is 0 Å². The van der Waals surface area contributed by atoms with Crippen molar-refractivity contribution in [2.24, 2.45) is 5.92 Å². The van der Waals surface area contributed by atoms with Crippen LogP contribution < -0.4 is 5.32 Å². The average Bonchev–Trinajstić information content (AvgIpc) is 2.84. The fourth-order valence-corrected chi connectivity index (χ4v) is 2.21. The number of hydrogen-bond acceptors (Lipinski definition) is 3. The molecule has 1 saturated heterocycles. The summed E-state index contributed by atoms with van der Waals surface area (Å²) >= 11 is 0. The maximum Gasteiger partial charge on any atom is 0.326 e. The van der Waals surface area contributed by atoms with Crippen molar-refractivity contribution in [3.63, 3.8) is 0 Å². The Labute approximate surface area is 72.5 Å². The van der Waals surface area contributed by atoms with E-state index in [0.717, 1.165) is 19.4 Å². The van der Waals surface area contributed by atoms with E-state index >= 15 is 0 Å². The van der Waals surface area contributed by atoms with Gasteiger partial charge < -0.3 is 10.1 Å². The van der Waals surface area contributed by atoms with E-state index in [-0.39, 0.29) is 11.5 Å². The van der Waals surface area contributed by atoms with Gasteiger partial charge in [0.05, 0.1) is 7.11 Å². The second-order valence-electron chi connectivity index (χ2n) is 3.77. The highest BCUT2D eigenvalue weighted by Gasteiger charge is 2.53. The van der Waals surface area contributed by atoms with Crippen molar-refractivity contribution in [2.75, 3.05) is 13.7 Å². The van der Waals surface area contributed by atoms with Crippen LogP contribution in [0.4, 0.5) is 0 Å². The first-order valence-corrected chi connectivity index (χ1v) is 4.63. The Morgan fingerprint density at radius 1 is 1.58 bits per heavy atom. The molecule has 1 atom stereocenters. The molecule has 1 unspecified atom stereocenters. The Balaban J connectivity index is 2.14. The molecule has 1 saturated carbocycles. The van der Waals surface area contributed by atoms with Crippen molar-refractivity contribution in [1.82, 2.24) is 5.32 Å². The molecule has 3 nitrogen and oxygen atoms in total. The zero-order chi connectivity index (χ0) is 8.60. The van der Waals surface area contributed by atoms with Gasteiger partial charge >= 0.3 is 5.97 Å². The molecule has 3 heteroatoms. The fraction of sp³-hybridized carbons (Fsp3) is 0.889. The summed E-state index contributed by atoms with van der Waals surface area (Å²) in [5.74, 6) is 0.495. The van der Waals surface area contributed by atoms with Gasteiger partial charge in [-0.3, -0.25) is 4.79 Å². The minimum Gasteiger partial charge on any atom is -0.468 e. The van der Waals surface area contributed by atoms with Crippen molar-refractivity contribution in [2.45, 2.75) is 31.2 Å². The van der Waals surface area contributed by atoms with Crippen LogP contribution in [-0.4, -0.2) is 25.2 Å². The SMILES string of the molecule is COC(=O)C1(C2CC2)CCCN1. The van der Waals surface area contributed by atoms with Crippen LogP contribution in [0.2, 0.25) is 0 Å². The molecule has 0 bridgehead atoms. The van der Waals surface area contributed by atoms with Crippen LogP contribution in [0.1, 0.15) is 25.7 Å². The van der Waals surface area contributed by atoms with Crippen molar-refractivity contribution in [1.29, 1.82) is 0 Å². The van der Waals surface area contributed by atoms with Gasteiger partial charge in [0.2, 0.25) is 0 Å². The third-order valence-corrected chi connectivity index (χ3v) is 3.01. The van der Waals surface area contributed by atoms with E-state index < -0.39 is 0 Å². The zero-order valence-electron chi connectivity index (χ0n) is 7.43. The minimum atomic E-state index is -0.297. The molecule has 0 amide bonds. The zero-order valence-corrected chi connectivity index (χ0v) is 7.43. The maximum absolute atomic E-state index is 11.5. The molecular formula is C9H15NO2. The molecule has 2 aliphatic rings. The number of nitrogens with one attached hydrogen (secondary N) is 1. The van der Waals surface area contributed by atoms with Crippen molar-refractivity contribution in [3.8, 4) is 0 Å². The van der Waals surface area contributed by atoms with E-state index in [0.29, 0.717) is 5.92 Å². The van der Waals surface area contributed by atoms with Crippen molar-refractivity contribution in [3.05, 3.63) is 0 Å². The topological polar surface area (TPSA) is 38.3 Å². The number of esters is 1. The molecule has 2 rings (SSSR count). The summed E-state index contributed by atoms with van der Waals surface area (Å²) in [6, 6.07) is 0. The first-order chi connectivity index (χ1) is 5.79. The molecule has 0 aromatic heterocycles. The molecule has 1 aliphatic carbocycles.